The van der Waals surface area contributed by atoms with Gasteiger partial charge in [0.2, 0.25) is 0 Å². The summed E-state index contributed by atoms with van der Waals surface area (Å²) in [4.78, 5) is 24.1. The van der Waals surface area contributed by atoms with Crippen LogP contribution < -0.4 is 5.32 Å². The number of hydrogen-bond donors (Lipinski definition) is 2. The zero-order chi connectivity index (χ0) is 18.8. The molecule has 1 aliphatic heterocycles. The Morgan fingerprint density at radius 1 is 1.35 bits per heavy atom. The fourth-order valence-corrected chi connectivity index (χ4v) is 3.56. The third-order valence-corrected chi connectivity index (χ3v) is 5.39. The van der Waals surface area contributed by atoms with Crippen molar-refractivity contribution in [1.82, 2.24) is 5.32 Å². The van der Waals surface area contributed by atoms with Crippen LogP contribution in [0.2, 0.25) is 0 Å². The van der Waals surface area contributed by atoms with E-state index in [0.717, 1.165) is 39.1 Å². The second kappa shape index (κ2) is 11.2. The van der Waals surface area contributed by atoms with Crippen molar-refractivity contribution < 1.29 is 24.2 Å². The summed E-state index contributed by atoms with van der Waals surface area (Å²) in [6, 6.07) is 7.07. The molecular weight excluding hydrogens is 354 g/mol. The monoisotopic (exact) mass is 381 g/mol. The van der Waals surface area contributed by atoms with Gasteiger partial charge in [-0.25, -0.2) is 0 Å². The summed E-state index contributed by atoms with van der Waals surface area (Å²) in [5.41, 5.74) is 0.508. The number of carbonyl (C=O) groups excluding carboxylic acids is 1. The van der Waals surface area contributed by atoms with Gasteiger partial charge in [0, 0.05) is 37.9 Å². The molecule has 1 aliphatic rings. The third kappa shape index (κ3) is 6.97. The van der Waals surface area contributed by atoms with E-state index in [-0.39, 0.29) is 5.91 Å². The summed E-state index contributed by atoms with van der Waals surface area (Å²) in [6.45, 7) is 5.15. The predicted octanol–water partition coefficient (Wildman–Crippen LogP) is 2.81. The molecule has 2 rings (SSSR count). The Morgan fingerprint density at radius 2 is 2.08 bits per heavy atom. The summed E-state index contributed by atoms with van der Waals surface area (Å²) in [6.07, 6.45) is 2.86. The molecule has 1 unspecified atom stereocenters. The third-order valence-electron chi connectivity index (χ3n) is 4.23. The normalized spacial score (nSPS) is 16.2. The van der Waals surface area contributed by atoms with Crippen LogP contribution in [0.3, 0.4) is 0 Å². The molecule has 0 spiro atoms. The minimum atomic E-state index is -0.896. The van der Waals surface area contributed by atoms with Crippen molar-refractivity contribution in [2.45, 2.75) is 36.3 Å². The van der Waals surface area contributed by atoms with Crippen molar-refractivity contribution in [3.63, 3.8) is 0 Å². The zero-order valence-electron chi connectivity index (χ0n) is 15.1. The Morgan fingerprint density at radius 3 is 2.81 bits per heavy atom. The molecule has 1 heterocycles. The van der Waals surface area contributed by atoms with E-state index in [1.165, 1.54) is 11.8 Å². The van der Waals surface area contributed by atoms with Gasteiger partial charge < -0.3 is 19.9 Å². The Bertz CT molecular complexity index is 589. The number of benzene rings is 1. The van der Waals surface area contributed by atoms with E-state index in [2.05, 4.69) is 5.32 Å². The first-order valence-electron chi connectivity index (χ1n) is 9.00. The van der Waals surface area contributed by atoms with Crippen LogP contribution in [0.15, 0.2) is 29.2 Å². The van der Waals surface area contributed by atoms with Gasteiger partial charge in [-0.05, 0) is 44.2 Å². The molecular formula is C19H27NO5S. The number of carboxylic acid groups (broad SMARTS) is 1. The maximum Gasteiger partial charge on any atom is 0.316 e. The molecule has 1 aromatic carbocycles. The number of aliphatic carboxylic acids is 1. The van der Waals surface area contributed by atoms with Crippen LogP contribution in [0, 0.1) is 5.92 Å². The smallest absolute Gasteiger partial charge is 0.316 e. The van der Waals surface area contributed by atoms with Crippen molar-refractivity contribution in [3.8, 4) is 0 Å². The molecule has 1 aromatic rings. The van der Waals surface area contributed by atoms with Crippen LogP contribution in [0.1, 0.15) is 36.5 Å². The van der Waals surface area contributed by atoms with Crippen LogP contribution in [0.4, 0.5) is 0 Å². The molecule has 0 saturated carbocycles. The Kier molecular flexibility index (Phi) is 8.94. The second-order valence-electron chi connectivity index (χ2n) is 6.33. The number of rotatable bonds is 10. The molecule has 0 aliphatic carbocycles. The molecule has 1 amide bonds. The largest absolute Gasteiger partial charge is 0.480 e. The lowest BCUT2D eigenvalue weighted by Gasteiger charge is -2.21. The molecule has 7 heteroatoms. The van der Waals surface area contributed by atoms with E-state index in [0.29, 0.717) is 29.5 Å². The quantitative estimate of drug-likeness (QED) is 0.479. The fraction of sp³-hybridized carbons (Fsp3) is 0.579. The van der Waals surface area contributed by atoms with Crippen LogP contribution in [0.25, 0.3) is 0 Å². The molecule has 1 fully saturated rings. The highest BCUT2D eigenvalue weighted by atomic mass is 32.2. The minimum Gasteiger partial charge on any atom is -0.480 e. The lowest BCUT2D eigenvalue weighted by Crippen LogP contribution is -2.26. The Hall–Kier alpha value is -1.57. The van der Waals surface area contributed by atoms with E-state index < -0.39 is 11.2 Å². The molecule has 0 radical (unpaired) electrons. The van der Waals surface area contributed by atoms with Gasteiger partial charge >= 0.3 is 5.97 Å². The summed E-state index contributed by atoms with van der Waals surface area (Å²) >= 11 is 1.17. The van der Waals surface area contributed by atoms with Gasteiger partial charge in [-0.3, -0.25) is 9.59 Å². The van der Waals surface area contributed by atoms with Gasteiger partial charge in [0.15, 0.2) is 0 Å². The number of carbonyl (C=O) groups is 2. The molecule has 2 N–H and O–H groups in total. The van der Waals surface area contributed by atoms with Crippen molar-refractivity contribution in [2.24, 2.45) is 5.92 Å². The van der Waals surface area contributed by atoms with E-state index in [1.54, 1.807) is 31.2 Å². The van der Waals surface area contributed by atoms with Crippen LogP contribution in [0.5, 0.6) is 0 Å². The topological polar surface area (TPSA) is 84.9 Å². The maximum atomic E-state index is 12.4. The minimum absolute atomic E-state index is 0.185. The van der Waals surface area contributed by atoms with Crippen molar-refractivity contribution >= 4 is 23.6 Å². The highest BCUT2D eigenvalue weighted by Crippen LogP contribution is 2.27. The molecule has 1 atom stereocenters. The summed E-state index contributed by atoms with van der Waals surface area (Å²) in [7, 11) is 0. The van der Waals surface area contributed by atoms with E-state index in [1.807, 2.05) is 0 Å². The number of thioether (sulfide) groups is 1. The molecule has 144 valence electrons. The molecule has 0 aromatic heterocycles. The number of ether oxygens (including phenoxy) is 2. The lowest BCUT2D eigenvalue weighted by molar-refractivity contribution is -0.136. The molecule has 6 nitrogen and oxygen atoms in total. The summed E-state index contributed by atoms with van der Waals surface area (Å²) in [5, 5.41) is 11.3. The second-order valence-corrected chi connectivity index (χ2v) is 7.72. The highest BCUT2D eigenvalue weighted by molar-refractivity contribution is 8.00. The van der Waals surface area contributed by atoms with E-state index in [4.69, 9.17) is 14.6 Å². The van der Waals surface area contributed by atoms with Gasteiger partial charge in [0.1, 0.15) is 5.25 Å². The Labute approximate surface area is 158 Å². The lowest BCUT2D eigenvalue weighted by atomic mass is 10.0. The van der Waals surface area contributed by atoms with Gasteiger partial charge in [0.05, 0.1) is 5.56 Å². The van der Waals surface area contributed by atoms with Crippen molar-refractivity contribution in [2.75, 3.05) is 33.0 Å². The SMILES string of the molecule is CC(Sc1ccccc1C(=O)NCCCOCC1CCOCC1)C(=O)O. The van der Waals surface area contributed by atoms with Crippen molar-refractivity contribution in [1.29, 1.82) is 0 Å². The fourth-order valence-electron chi connectivity index (χ4n) is 2.63. The van der Waals surface area contributed by atoms with Crippen LogP contribution >= 0.6 is 11.8 Å². The predicted molar refractivity (Wildman–Crippen MR) is 101 cm³/mol. The van der Waals surface area contributed by atoms with Gasteiger partial charge in [0.25, 0.3) is 5.91 Å². The first kappa shape index (κ1) is 20.7. The van der Waals surface area contributed by atoms with Gasteiger partial charge in [-0.15, -0.1) is 11.8 Å². The first-order valence-corrected chi connectivity index (χ1v) is 9.88. The number of amides is 1. The highest BCUT2D eigenvalue weighted by Gasteiger charge is 2.17. The molecule has 1 saturated heterocycles. The number of carboxylic acids is 1. The maximum absolute atomic E-state index is 12.4. The number of nitrogens with one attached hydrogen (secondary N) is 1. The molecule has 26 heavy (non-hydrogen) atoms. The van der Waals surface area contributed by atoms with E-state index >= 15 is 0 Å². The van der Waals surface area contributed by atoms with Gasteiger partial charge in [-0.2, -0.15) is 0 Å². The van der Waals surface area contributed by atoms with Crippen molar-refractivity contribution in [3.05, 3.63) is 29.8 Å². The average Bonchev–Trinajstić information content (AvgIpc) is 2.65. The van der Waals surface area contributed by atoms with Crippen LogP contribution in [-0.2, 0) is 14.3 Å². The number of hydrogen-bond acceptors (Lipinski definition) is 5. The van der Waals surface area contributed by atoms with Gasteiger partial charge in [-0.1, -0.05) is 12.1 Å². The zero-order valence-corrected chi connectivity index (χ0v) is 15.9. The summed E-state index contributed by atoms with van der Waals surface area (Å²) in [5.74, 6) is -0.500. The average molecular weight is 381 g/mol. The molecule has 0 bridgehead atoms. The van der Waals surface area contributed by atoms with Crippen LogP contribution in [-0.4, -0.2) is 55.2 Å². The van der Waals surface area contributed by atoms with E-state index in [9.17, 15) is 9.59 Å². The summed E-state index contributed by atoms with van der Waals surface area (Å²) < 4.78 is 11.0. The Balaban J connectivity index is 1.69. The standard InChI is InChI=1S/C19H27NO5S/c1-14(19(22)23)26-17-6-3-2-5-16(17)18(21)20-9-4-10-25-13-15-7-11-24-12-8-15/h2-3,5-6,14-15H,4,7-13H2,1H3,(H,20,21)(H,22,23). The first-order chi connectivity index (χ1) is 12.6.